The average molecular weight is 200 g/mol. The molecule has 2 amide bonds. The van der Waals surface area contributed by atoms with Gasteiger partial charge in [0.15, 0.2) is 0 Å². The van der Waals surface area contributed by atoms with Crippen molar-refractivity contribution in [3.05, 3.63) is 0 Å². The fourth-order valence-electron chi connectivity index (χ4n) is 1.32. The van der Waals surface area contributed by atoms with Gasteiger partial charge in [0.05, 0.1) is 0 Å². The second-order valence-electron chi connectivity index (χ2n) is 4.09. The Kier molecular flexibility index (Phi) is 4.20. The molecule has 0 spiro atoms. The number of carbonyl (C=O) groups excluding carboxylic acids is 1. The normalized spacial score (nSPS) is 15.7. The van der Waals surface area contributed by atoms with E-state index in [-0.39, 0.29) is 18.7 Å². The van der Waals surface area contributed by atoms with Crippen LogP contribution in [0, 0.1) is 0 Å². The summed E-state index contributed by atoms with van der Waals surface area (Å²) in [4.78, 5) is 13.4. The number of nitrogens with one attached hydrogen (secondary N) is 1. The summed E-state index contributed by atoms with van der Waals surface area (Å²) in [6.07, 6.45) is 2.87. The van der Waals surface area contributed by atoms with Crippen molar-refractivity contribution in [2.24, 2.45) is 0 Å². The van der Waals surface area contributed by atoms with Gasteiger partial charge in [-0.05, 0) is 33.1 Å². The van der Waals surface area contributed by atoms with Crippen molar-refractivity contribution in [1.82, 2.24) is 10.2 Å². The highest BCUT2D eigenvalue weighted by Crippen LogP contribution is 2.19. The van der Waals surface area contributed by atoms with E-state index in [1.54, 1.807) is 4.90 Å². The number of rotatable bonds is 5. The minimum absolute atomic E-state index is 0.0101. The van der Waals surface area contributed by atoms with Gasteiger partial charge >= 0.3 is 6.03 Å². The molecular weight excluding hydrogens is 180 g/mol. The summed E-state index contributed by atoms with van der Waals surface area (Å²) in [5, 5.41) is 11.7. The summed E-state index contributed by atoms with van der Waals surface area (Å²) in [5.74, 6) is 0. The first kappa shape index (κ1) is 11.3. The summed E-state index contributed by atoms with van der Waals surface area (Å²) >= 11 is 0. The monoisotopic (exact) mass is 200 g/mol. The highest BCUT2D eigenvalue weighted by atomic mass is 16.3. The molecule has 0 aliphatic heterocycles. The molecule has 1 saturated carbocycles. The highest BCUT2D eigenvalue weighted by Gasteiger charge is 2.26. The lowest BCUT2D eigenvalue weighted by Gasteiger charge is -2.26. The summed E-state index contributed by atoms with van der Waals surface area (Å²) < 4.78 is 0. The van der Waals surface area contributed by atoms with Gasteiger partial charge in [0, 0.05) is 25.2 Å². The first-order valence-corrected chi connectivity index (χ1v) is 5.33. The molecule has 0 radical (unpaired) electrons. The lowest BCUT2D eigenvalue weighted by molar-refractivity contribution is 0.174. The van der Waals surface area contributed by atoms with Gasteiger partial charge in [-0.25, -0.2) is 4.79 Å². The van der Waals surface area contributed by atoms with Crippen LogP contribution in [0.3, 0.4) is 0 Å². The lowest BCUT2D eigenvalue weighted by Crippen LogP contribution is -2.45. The van der Waals surface area contributed by atoms with Crippen LogP contribution in [-0.2, 0) is 0 Å². The summed E-state index contributed by atoms with van der Waals surface area (Å²) in [7, 11) is 0. The SMILES string of the molecule is CC(C)N(CCCO)C(=O)NC1CC1. The van der Waals surface area contributed by atoms with Gasteiger partial charge in [0.2, 0.25) is 0 Å². The fourth-order valence-corrected chi connectivity index (χ4v) is 1.32. The number of hydrogen-bond donors (Lipinski definition) is 2. The van der Waals surface area contributed by atoms with E-state index in [9.17, 15) is 4.79 Å². The average Bonchev–Trinajstić information content (AvgIpc) is 2.88. The third-order valence-corrected chi connectivity index (χ3v) is 2.35. The van der Waals surface area contributed by atoms with Crippen LogP contribution < -0.4 is 5.32 Å². The second-order valence-corrected chi connectivity index (χ2v) is 4.09. The molecule has 82 valence electrons. The summed E-state index contributed by atoms with van der Waals surface area (Å²) in [6.45, 7) is 4.75. The quantitative estimate of drug-likeness (QED) is 0.694. The Morgan fingerprint density at radius 3 is 2.64 bits per heavy atom. The molecule has 0 atom stereocenters. The molecule has 1 aliphatic carbocycles. The number of carbonyl (C=O) groups is 1. The zero-order valence-electron chi connectivity index (χ0n) is 8.99. The Bertz CT molecular complexity index is 191. The van der Waals surface area contributed by atoms with Crippen LogP contribution in [0.2, 0.25) is 0 Å². The molecule has 0 unspecified atom stereocenters. The van der Waals surface area contributed by atoms with E-state index in [2.05, 4.69) is 5.32 Å². The molecule has 1 fully saturated rings. The standard InChI is InChI=1S/C10H20N2O2/c1-8(2)12(6-3-7-13)10(14)11-9-4-5-9/h8-9,13H,3-7H2,1-2H3,(H,11,14). The molecule has 0 aromatic carbocycles. The van der Waals surface area contributed by atoms with Crippen LogP contribution in [0.4, 0.5) is 4.79 Å². The molecule has 4 nitrogen and oxygen atoms in total. The van der Waals surface area contributed by atoms with E-state index in [1.165, 1.54) is 0 Å². The molecule has 0 bridgehead atoms. The maximum Gasteiger partial charge on any atom is 0.317 e. The summed E-state index contributed by atoms with van der Waals surface area (Å²) in [5.41, 5.74) is 0. The van der Waals surface area contributed by atoms with Crippen molar-refractivity contribution in [3.8, 4) is 0 Å². The Labute approximate surface area is 85.3 Å². The topological polar surface area (TPSA) is 52.6 Å². The van der Waals surface area contributed by atoms with Gasteiger partial charge in [0.25, 0.3) is 0 Å². The minimum atomic E-state index is 0.0101. The molecule has 14 heavy (non-hydrogen) atoms. The largest absolute Gasteiger partial charge is 0.396 e. The summed E-state index contributed by atoms with van der Waals surface area (Å²) in [6, 6.07) is 0.606. The van der Waals surface area contributed by atoms with Crippen molar-refractivity contribution in [1.29, 1.82) is 0 Å². The van der Waals surface area contributed by atoms with E-state index in [0.717, 1.165) is 12.8 Å². The number of aliphatic hydroxyl groups is 1. The van der Waals surface area contributed by atoms with Crippen molar-refractivity contribution in [2.45, 2.75) is 45.2 Å². The van der Waals surface area contributed by atoms with Crippen LogP contribution in [0.1, 0.15) is 33.1 Å². The van der Waals surface area contributed by atoms with Crippen molar-refractivity contribution >= 4 is 6.03 Å². The van der Waals surface area contributed by atoms with Gasteiger partial charge in [-0.15, -0.1) is 0 Å². The van der Waals surface area contributed by atoms with Gasteiger partial charge in [-0.3, -0.25) is 0 Å². The lowest BCUT2D eigenvalue weighted by atomic mass is 10.3. The molecular formula is C10H20N2O2. The molecule has 1 rings (SSSR count). The van der Waals surface area contributed by atoms with E-state index < -0.39 is 0 Å². The van der Waals surface area contributed by atoms with Crippen LogP contribution in [0.25, 0.3) is 0 Å². The van der Waals surface area contributed by atoms with Crippen molar-refractivity contribution < 1.29 is 9.90 Å². The molecule has 0 saturated heterocycles. The first-order valence-electron chi connectivity index (χ1n) is 5.33. The van der Waals surface area contributed by atoms with Crippen LogP contribution in [-0.4, -0.2) is 41.3 Å². The Hall–Kier alpha value is -0.770. The van der Waals surface area contributed by atoms with Gasteiger partial charge in [-0.1, -0.05) is 0 Å². The number of urea groups is 1. The van der Waals surface area contributed by atoms with E-state index in [0.29, 0.717) is 19.0 Å². The number of hydrogen-bond acceptors (Lipinski definition) is 2. The van der Waals surface area contributed by atoms with Crippen LogP contribution >= 0.6 is 0 Å². The molecule has 0 aromatic rings. The smallest absolute Gasteiger partial charge is 0.317 e. The van der Waals surface area contributed by atoms with Gasteiger partial charge < -0.3 is 15.3 Å². The predicted octanol–water partition coefficient (Wildman–Crippen LogP) is 0.951. The predicted molar refractivity (Wildman–Crippen MR) is 55.1 cm³/mol. The maximum atomic E-state index is 11.7. The Morgan fingerprint density at radius 1 is 1.57 bits per heavy atom. The maximum absolute atomic E-state index is 11.7. The van der Waals surface area contributed by atoms with Crippen LogP contribution in [0.15, 0.2) is 0 Å². The molecule has 2 N–H and O–H groups in total. The van der Waals surface area contributed by atoms with E-state index >= 15 is 0 Å². The number of nitrogens with zero attached hydrogens (tertiary/aromatic N) is 1. The highest BCUT2D eigenvalue weighted by molar-refractivity contribution is 5.75. The molecule has 1 aliphatic rings. The molecule has 0 aromatic heterocycles. The van der Waals surface area contributed by atoms with Crippen molar-refractivity contribution in [2.75, 3.05) is 13.2 Å². The third-order valence-electron chi connectivity index (χ3n) is 2.35. The third kappa shape index (κ3) is 3.54. The number of aliphatic hydroxyl groups excluding tert-OH is 1. The van der Waals surface area contributed by atoms with E-state index in [4.69, 9.17) is 5.11 Å². The second kappa shape index (κ2) is 5.20. The Balaban J connectivity index is 2.34. The van der Waals surface area contributed by atoms with Gasteiger partial charge in [0.1, 0.15) is 0 Å². The molecule has 0 heterocycles. The van der Waals surface area contributed by atoms with E-state index in [1.807, 2.05) is 13.8 Å². The minimum Gasteiger partial charge on any atom is -0.396 e. The van der Waals surface area contributed by atoms with Crippen LogP contribution in [0.5, 0.6) is 0 Å². The zero-order valence-corrected chi connectivity index (χ0v) is 8.99. The zero-order chi connectivity index (χ0) is 10.6. The Morgan fingerprint density at radius 2 is 2.21 bits per heavy atom. The van der Waals surface area contributed by atoms with Crippen molar-refractivity contribution in [3.63, 3.8) is 0 Å². The first-order chi connectivity index (χ1) is 6.65. The van der Waals surface area contributed by atoms with Gasteiger partial charge in [-0.2, -0.15) is 0 Å². The number of amides is 2. The molecule has 4 heteroatoms. The fraction of sp³-hybridized carbons (Fsp3) is 0.900.